The van der Waals surface area contributed by atoms with Gasteiger partial charge in [0.15, 0.2) is 0 Å². The smallest absolute Gasteiger partial charge is 0.339 e. The lowest BCUT2D eigenvalue weighted by Crippen LogP contribution is -2.54. The van der Waals surface area contributed by atoms with Crippen LogP contribution in [0.5, 0.6) is 0 Å². The molecule has 0 bridgehead atoms. The molecule has 2 amide bonds. The van der Waals surface area contributed by atoms with Crippen LogP contribution in [0.25, 0.3) is 0 Å². The molecule has 1 rings (SSSR count). The highest BCUT2D eigenvalue weighted by molar-refractivity contribution is 7.77. The highest BCUT2D eigenvalue weighted by atomic mass is 32.2. The van der Waals surface area contributed by atoms with Gasteiger partial charge in [0.2, 0.25) is 0 Å². The van der Waals surface area contributed by atoms with Crippen LogP contribution in [0.2, 0.25) is 0 Å². The lowest BCUT2D eigenvalue weighted by molar-refractivity contribution is 0.181. The van der Waals surface area contributed by atoms with Crippen molar-refractivity contribution in [3.63, 3.8) is 0 Å². The fourth-order valence-electron chi connectivity index (χ4n) is 1.08. The predicted octanol–water partition coefficient (Wildman–Crippen LogP) is -0.883. The molecule has 1 aliphatic rings. The van der Waals surface area contributed by atoms with Gasteiger partial charge in [-0.3, -0.25) is 4.21 Å². The molecule has 8 heteroatoms. The second-order valence-electron chi connectivity index (χ2n) is 2.92. The van der Waals surface area contributed by atoms with Gasteiger partial charge in [0.25, 0.3) is 0 Å². The summed E-state index contributed by atoms with van der Waals surface area (Å²) >= 11 is -2.39. The molecule has 0 spiro atoms. The Hall–Kier alpha value is -0.990. The van der Waals surface area contributed by atoms with Crippen LogP contribution in [0.1, 0.15) is 13.8 Å². The van der Waals surface area contributed by atoms with Gasteiger partial charge < -0.3 is 9.45 Å². The molecule has 2 unspecified atom stereocenters. The second-order valence-corrected chi connectivity index (χ2v) is 3.63. The van der Waals surface area contributed by atoms with E-state index in [1.54, 1.807) is 13.8 Å². The van der Waals surface area contributed by atoms with E-state index < -0.39 is 23.5 Å². The van der Waals surface area contributed by atoms with E-state index in [-0.39, 0.29) is 0 Å². The summed E-state index contributed by atoms with van der Waals surface area (Å²) in [6.07, 6.45) is -0.584. The van der Waals surface area contributed by atoms with Gasteiger partial charge in [0, 0.05) is 11.3 Å². The molecular formula is C6H11N4O3S-. The van der Waals surface area contributed by atoms with E-state index in [1.807, 2.05) is 0 Å². The van der Waals surface area contributed by atoms with Crippen molar-refractivity contribution < 1.29 is 13.6 Å². The first-order chi connectivity index (χ1) is 6.50. The normalized spacial score (nSPS) is 21.2. The SMILES string of the molecule is CC1=NNC(=O)N(C(C)NS(=O)[O-])C1. The highest BCUT2D eigenvalue weighted by Crippen LogP contribution is 2.01. The van der Waals surface area contributed by atoms with Crippen LogP contribution < -0.4 is 10.1 Å². The van der Waals surface area contributed by atoms with Gasteiger partial charge in [-0.15, -0.1) is 0 Å². The van der Waals surface area contributed by atoms with Gasteiger partial charge in [-0.25, -0.2) is 14.9 Å². The van der Waals surface area contributed by atoms with Crippen molar-refractivity contribution in [1.82, 2.24) is 15.0 Å². The lowest BCUT2D eigenvalue weighted by Gasteiger charge is -2.31. The van der Waals surface area contributed by atoms with Crippen LogP contribution in [0.3, 0.4) is 0 Å². The van der Waals surface area contributed by atoms with Crippen molar-refractivity contribution in [3.05, 3.63) is 0 Å². The molecule has 0 fully saturated rings. The highest BCUT2D eigenvalue weighted by Gasteiger charge is 2.23. The summed E-state index contributed by atoms with van der Waals surface area (Å²) in [5, 5.41) is 3.72. The minimum Gasteiger partial charge on any atom is -0.760 e. The Bertz CT molecular complexity index is 293. The molecule has 7 nitrogen and oxygen atoms in total. The van der Waals surface area contributed by atoms with Crippen molar-refractivity contribution in [2.24, 2.45) is 5.10 Å². The predicted molar refractivity (Wildman–Crippen MR) is 49.9 cm³/mol. The zero-order chi connectivity index (χ0) is 10.7. The second kappa shape index (κ2) is 4.49. The van der Waals surface area contributed by atoms with Gasteiger partial charge in [-0.1, -0.05) is 0 Å². The molecule has 0 aromatic carbocycles. The third kappa shape index (κ3) is 2.76. The Morgan fingerprint density at radius 1 is 1.79 bits per heavy atom. The molecule has 0 aliphatic carbocycles. The first-order valence-corrected chi connectivity index (χ1v) is 5.03. The first-order valence-electron chi connectivity index (χ1n) is 3.96. The number of hydrogen-bond acceptors (Lipinski definition) is 4. The minimum atomic E-state index is -2.39. The Kier molecular flexibility index (Phi) is 3.55. The van der Waals surface area contributed by atoms with Crippen LogP contribution in [-0.2, 0) is 11.3 Å². The summed E-state index contributed by atoms with van der Waals surface area (Å²) in [4.78, 5) is 12.6. The maximum Gasteiger partial charge on any atom is 0.339 e. The average molecular weight is 219 g/mol. The van der Waals surface area contributed by atoms with Crippen LogP contribution >= 0.6 is 0 Å². The van der Waals surface area contributed by atoms with Gasteiger partial charge >= 0.3 is 6.03 Å². The summed E-state index contributed by atoms with van der Waals surface area (Å²) in [7, 11) is 0. The number of nitrogens with one attached hydrogen (secondary N) is 2. The van der Waals surface area contributed by atoms with E-state index in [0.29, 0.717) is 6.54 Å². The van der Waals surface area contributed by atoms with Gasteiger partial charge in [-0.2, -0.15) is 5.10 Å². The summed E-state index contributed by atoms with van der Waals surface area (Å²) in [5.74, 6) is 0. The van der Waals surface area contributed by atoms with Crippen molar-refractivity contribution >= 4 is 23.0 Å². The van der Waals surface area contributed by atoms with Crippen LogP contribution in [-0.4, -0.2) is 38.1 Å². The third-order valence-corrected chi connectivity index (χ3v) is 2.27. The molecule has 1 heterocycles. The number of hydrogen-bond donors (Lipinski definition) is 2. The number of carbonyl (C=O) groups is 1. The Labute approximate surface area is 84.0 Å². The Balaban J connectivity index is 2.63. The van der Waals surface area contributed by atoms with Crippen LogP contribution in [0.15, 0.2) is 5.10 Å². The average Bonchev–Trinajstić information content (AvgIpc) is 2.08. The first kappa shape index (κ1) is 11.1. The molecular weight excluding hydrogens is 208 g/mol. The molecule has 0 aromatic heterocycles. The lowest BCUT2D eigenvalue weighted by atomic mass is 10.3. The minimum absolute atomic E-state index is 0.317. The number of rotatable bonds is 3. The largest absolute Gasteiger partial charge is 0.760 e. The van der Waals surface area contributed by atoms with Crippen molar-refractivity contribution in [3.8, 4) is 0 Å². The van der Waals surface area contributed by atoms with E-state index in [4.69, 9.17) is 0 Å². The van der Waals surface area contributed by atoms with E-state index in [2.05, 4.69) is 15.2 Å². The number of amides is 2. The van der Waals surface area contributed by atoms with Crippen LogP contribution in [0.4, 0.5) is 4.79 Å². The Morgan fingerprint density at radius 2 is 2.43 bits per heavy atom. The fourth-order valence-corrected chi connectivity index (χ4v) is 1.48. The summed E-state index contributed by atoms with van der Waals surface area (Å²) in [6, 6.07) is -0.416. The maximum atomic E-state index is 11.2. The van der Waals surface area contributed by atoms with Crippen LogP contribution in [0, 0.1) is 0 Å². The summed E-state index contributed by atoms with van der Waals surface area (Å²) < 4.78 is 22.9. The quantitative estimate of drug-likeness (QED) is 0.603. The van der Waals surface area contributed by atoms with E-state index >= 15 is 0 Å². The van der Waals surface area contributed by atoms with Gasteiger partial charge in [0.05, 0.1) is 18.4 Å². The van der Waals surface area contributed by atoms with Crippen molar-refractivity contribution in [2.45, 2.75) is 20.0 Å². The molecule has 0 radical (unpaired) electrons. The standard InChI is InChI=1S/C6H12N4O3S/c1-4-3-10(6(11)8-7-4)5(2)9-14(12)13/h5,9H,3H2,1-2H3,(H,8,11)(H,12,13)/p-1. The molecule has 2 atom stereocenters. The number of hydrazone groups is 1. The van der Waals surface area contributed by atoms with E-state index in [1.165, 1.54) is 4.90 Å². The number of nitrogens with zero attached hydrogens (tertiary/aromatic N) is 2. The third-order valence-electron chi connectivity index (χ3n) is 1.74. The number of carbonyl (C=O) groups excluding carboxylic acids is 1. The molecule has 0 saturated carbocycles. The molecule has 0 saturated heterocycles. The zero-order valence-corrected chi connectivity index (χ0v) is 8.63. The van der Waals surface area contributed by atoms with Gasteiger partial charge in [0.1, 0.15) is 0 Å². The van der Waals surface area contributed by atoms with Crippen molar-refractivity contribution in [1.29, 1.82) is 0 Å². The molecule has 0 aromatic rings. The molecule has 80 valence electrons. The summed E-state index contributed by atoms with van der Waals surface area (Å²) in [5.41, 5.74) is 2.99. The van der Waals surface area contributed by atoms with Crippen molar-refractivity contribution in [2.75, 3.05) is 6.54 Å². The van der Waals surface area contributed by atoms with E-state index in [9.17, 15) is 13.6 Å². The molecule has 14 heavy (non-hydrogen) atoms. The topological polar surface area (TPSA) is 96.9 Å². The molecule has 2 N–H and O–H groups in total. The monoisotopic (exact) mass is 219 g/mol. The summed E-state index contributed by atoms with van der Waals surface area (Å²) in [6.45, 7) is 3.64. The number of urea groups is 1. The molecule has 1 aliphatic heterocycles. The zero-order valence-electron chi connectivity index (χ0n) is 7.81. The Morgan fingerprint density at radius 3 is 3.00 bits per heavy atom. The van der Waals surface area contributed by atoms with E-state index in [0.717, 1.165) is 5.71 Å². The van der Waals surface area contributed by atoms with Gasteiger partial charge in [-0.05, 0) is 13.8 Å². The maximum absolute atomic E-state index is 11.2. The fraction of sp³-hybridized carbons (Fsp3) is 0.667.